The summed E-state index contributed by atoms with van der Waals surface area (Å²) < 4.78 is 5.84. The lowest BCUT2D eigenvalue weighted by molar-refractivity contribution is -0.140. The van der Waals surface area contributed by atoms with E-state index in [1.165, 1.54) is 11.1 Å². The Balaban J connectivity index is 1.48. The number of carbonyl (C=O) groups excluding carboxylic acids is 1. The van der Waals surface area contributed by atoms with Crippen LogP contribution in [-0.4, -0.2) is 45.7 Å². The first-order chi connectivity index (χ1) is 12.1. The van der Waals surface area contributed by atoms with Gasteiger partial charge in [-0.05, 0) is 24.0 Å². The molecule has 0 saturated carbocycles. The first kappa shape index (κ1) is 16.3. The quantitative estimate of drug-likeness (QED) is 0.932. The molecule has 6 nitrogen and oxygen atoms in total. The zero-order valence-electron chi connectivity index (χ0n) is 14.7. The summed E-state index contributed by atoms with van der Waals surface area (Å²) in [5, 5.41) is 7.23. The van der Waals surface area contributed by atoms with E-state index in [2.05, 4.69) is 41.2 Å². The number of nitrogens with zero attached hydrogens (tertiary/aromatic N) is 3. The largest absolute Gasteiger partial charge is 0.367 e. The average Bonchev–Trinajstić information content (AvgIpc) is 3.28. The van der Waals surface area contributed by atoms with Gasteiger partial charge in [-0.15, -0.1) is 0 Å². The number of hydrogen-bond donors (Lipinski definition) is 1. The summed E-state index contributed by atoms with van der Waals surface area (Å²) in [6.07, 6.45) is 1.66. The van der Waals surface area contributed by atoms with Gasteiger partial charge in [-0.2, -0.15) is 5.10 Å². The summed E-state index contributed by atoms with van der Waals surface area (Å²) in [6, 6.07) is 8.29. The van der Waals surface area contributed by atoms with Crippen LogP contribution < -0.4 is 0 Å². The smallest absolute Gasteiger partial charge is 0.230 e. The minimum absolute atomic E-state index is 0.0177. The lowest BCUT2D eigenvalue weighted by Gasteiger charge is -2.33. The zero-order chi connectivity index (χ0) is 17.4. The van der Waals surface area contributed by atoms with Crippen molar-refractivity contribution in [2.75, 3.05) is 19.7 Å². The number of nitrogens with one attached hydrogen (secondary N) is 1. The van der Waals surface area contributed by atoms with E-state index in [0.717, 1.165) is 18.7 Å². The lowest BCUT2D eigenvalue weighted by Crippen LogP contribution is -2.44. The van der Waals surface area contributed by atoms with Gasteiger partial charge in [-0.25, -0.2) is 4.98 Å². The molecule has 2 aromatic rings. The second-order valence-corrected chi connectivity index (χ2v) is 7.17. The molecule has 25 heavy (non-hydrogen) atoms. The Bertz CT molecular complexity index is 770. The Morgan fingerprint density at radius 3 is 3.00 bits per heavy atom. The van der Waals surface area contributed by atoms with Gasteiger partial charge in [-0.1, -0.05) is 38.1 Å². The van der Waals surface area contributed by atoms with Crippen LogP contribution in [0.25, 0.3) is 0 Å². The number of aromatic nitrogens is 3. The maximum Gasteiger partial charge on any atom is 0.230 e. The van der Waals surface area contributed by atoms with Gasteiger partial charge >= 0.3 is 0 Å². The van der Waals surface area contributed by atoms with Crippen LogP contribution in [0, 0.1) is 0 Å². The molecule has 1 fully saturated rings. The number of rotatable bonds is 3. The van der Waals surface area contributed by atoms with Gasteiger partial charge in [0.15, 0.2) is 11.6 Å². The topological polar surface area (TPSA) is 71.1 Å². The van der Waals surface area contributed by atoms with Crippen LogP contribution >= 0.6 is 0 Å². The fourth-order valence-electron chi connectivity index (χ4n) is 3.74. The van der Waals surface area contributed by atoms with E-state index >= 15 is 0 Å². The van der Waals surface area contributed by atoms with Crippen LogP contribution in [-0.2, 0) is 16.0 Å². The molecule has 1 aliphatic carbocycles. The van der Waals surface area contributed by atoms with E-state index in [9.17, 15) is 4.79 Å². The predicted octanol–water partition coefficient (Wildman–Crippen LogP) is 2.56. The van der Waals surface area contributed by atoms with Gasteiger partial charge < -0.3 is 9.64 Å². The summed E-state index contributed by atoms with van der Waals surface area (Å²) in [6.45, 7) is 5.82. The van der Waals surface area contributed by atoms with Gasteiger partial charge in [0, 0.05) is 12.5 Å². The third-order valence-electron chi connectivity index (χ3n) is 5.15. The van der Waals surface area contributed by atoms with Gasteiger partial charge in [0.1, 0.15) is 6.10 Å². The minimum atomic E-state index is -0.227. The first-order valence-corrected chi connectivity index (χ1v) is 9.04. The second-order valence-electron chi connectivity index (χ2n) is 7.17. The molecule has 2 aliphatic rings. The Kier molecular flexibility index (Phi) is 4.29. The molecule has 6 heteroatoms. The Labute approximate surface area is 147 Å². The van der Waals surface area contributed by atoms with E-state index in [0.29, 0.717) is 25.5 Å². The predicted molar refractivity (Wildman–Crippen MR) is 93.2 cm³/mol. The lowest BCUT2D eigenvalue weighted by atomic mass is 9.99. The van der Waals surface area contributed by atoms with Crippen LogP contribution in [0.1, 0.15) is 61.0 Å². The molecule has 0 spiro atoms. The molecule has 1 aliphatic heterocycles. The summed E-state index contributed by atoms with van der Waals surface area (Å²) in [4.78, 5) is 19.5. The van der Waals surface area contributed by atoms with Crippen molar-refractivity contribution in [3.05, 3.63) is 47.0 Å². The van der Waals surface area contributed by atoms with Gasteiger partial charge in [0.25, 0.3) is 0 Å². The van der Waals surface area contributed by atoms with E-state index < -0.39 is 0 Å². The van der Waals surface area contributed by atoms with Crippen molar-refractivity contribution in [3.8, 4) is 0 Å². The first-order valence-electron chi connectivity index (χ1n) is 9.04. The molecule has 0 radical (unpaired) electrons. The van der Waals surface area contributed by atoms with Crippen molar-refractivity contribution >= 4 is 5.91 Å². The standard InChI is InChI=1S/C19H24N4O2/c1-12(2)17-20-18(22-21-17)16-11-23(9-10-25-16)19(24)15-8-7-13-5-3-4-6-14(13)15/h3-6,12,15-16H,7-11H2,1-2H3,(H,20,21,22)/t15-,16-/m1/s1. The second kappa shape index (κ2) is 6.59. The van der Waals surface area contributed by atoms with Crippen molar-refractivity contribution < 1.29 is 9.53 Å². The number of ether oxygens (including phenoxy) is 1. The highest BCUT2D eigenvalue weighted by molar-refractivity contribution is 5.85. The summed E-state index contributed by atoms with van der Waals surface area (Å²) in [5.74, 6) is 1.96. The summed E-state index contributed by atoms with van der Waals surface area (Å²) >= 11 is 0. The van der Waals surface area contributed by atoms with Crippen molar-refractivity contribution in [3.63, 3.8) is 0 Å². The van der Waals surface area contributed by atoms with Crippen molar-refractivity contribution in [1.82, 2.24) is 20.1 Å². The number of H-pyrrole nitrogens is 1. The molecule has 2 heterocycles. The van der Waals surface area contributed by atoms with Crippen LogP contribution in [0.2, 0.25) is 0 Å². The number of aromatic amines is 1. The fourth-order valence-corrected chi connectivity index (χ4v) is 3.74. The molecule has 132 valence electrons. The van der Waals surface area contributed by atoms with Crippen molar-refractivity contribution in [2.45, 2.75) is 44.6 Å². The Morgan fingerprint density at radius 1 is 1.36 bits per heavy atom. The Hall–Kier alpha value is -2.21. The highest BCUT2D eigenvalue weighted by atomic mass is 16.5. The molecule has 0 unspecified atom stereocenters. The number of fused-ring (bicyclic) bond motifs is 1. The molecule has 4 rings (SSSR count). The zero-order valence-corrected chi connectivity index (χ0v) is 14.7. The van der Waals surface area contributed by atoms with Crippen LogP contribution in [0.5, 0.6) is 0 Å². The number of morpholine rings is 1. The summed E-state index contributed by atoms with van der Waals surface area (Å²) in [7, 11) is 0. The molecule has 1 amide bonds. The molecular weight excluding hydrogens is 316 g/mol. The number of hydrogen-bond acceptors (Lipinski definition) is 4. The van der Waals surface area contributed by atoms with E-state index in [1.807, 2.05) is 17.0 Å². The van der Waals surface area contributed by atoms with Crippen LogP contribution in [0.15, 0.2) is 24.3 Å². The maximum atomic E-state index is 13.1. The fraction of sp³-hybridized carbons (Fsp3) is 0.526. The number of benzene rings is 1. The highest BCUT2D eigenvalue weighted by Gasteiger charge is 2.35. The normalized spacial score (nSPS) is 23.1. The van der Waals surface area contributed by atoms with Gasteiger partial charge in [0.2, 0.25) is 5.91 Å². The van der Waals surface area contributed by atoms with Crippen molar-refractivity contribution in [2.24, 2.45) is 0 Å². The third kappa shape index (κ3) is 3.06. The van der Waals surface area contributed by atoms with E-state index in [4.69, 9.17) is 4.74 Å². The maximum absolute atomic E-state index is 13.1. The minimum Gasteiger partial charge on any atom is -0.367 e. The van der Waals surface area contributed by atoms with Crippen LogP contribution in [0.3, 0.4) is 0 Å². The molecule has 1 aromatic heterocycles. The molecule has 1 aromatic carbocycles. The summed E-state index contributed by atoms with van der Waals surface area (Å²) in [5.41, 5.74) is 2.50. The van der Waals surface area contributed by atoms with Gasteiger partial charge in [0.05, 0.1) is 19.1 Å². The van der Waals surface area contributed by atoms with Crippen molar-refractivity contribution in [1.29, 1.82) is 0 Å². The molecule has 1 N–H and O–H groups in total. The monoisotopic (exact) mass is 340 g/mol. The number of aryl methyl sites for hydroxylation is 1. The molecule has 2 atom stereocenters. The van der Waals surface area contributed by atoms with Crippen LogP contribution in [0.4, 0.5) is 0 Å². The van der Waals surface area contributed by atoms with E-state index in [1.54, 1.807) is 0 Å². The highest BCUT2D eigenvalue weighted by Crippen LogP contribution is 2.35. The average molecular weight is 340 g/mol. The molecule has 0 bridgehead atoms. The van der Waals surface area contributed by atoms with E-state index in [-0.39, 0.29) is 23.8 Å². The Morgan fingerprint density at radius 2 is 2.20 bits per heavy atom. The SMILES string of the molecule is CC(C)c1n[nH]c([C@H]2CN(C(=O)[C@@H]3CCc4ccccc43)CCO2)n1. The number of carbonyl (C=O) groups is 1. The molecule has 1 saturated heterocycles. The molecular formula is C19H24N4O2. The number of amides is 1. The van der Waals surface area contributed by atoms with Gasteiger partial charge in [-0.3, -0.25) is 9.89 Å². The third-order valence-corrected chi connectivity index (χ3v) is 5.15.